The zero-order chi connectivity index (χ0) is 13.1. The Labute approximate surface area is 115 Å². The summed E-state index contributed by atoms with van der Waals surface area (Å²) in [5.41, 5.74) is 0. The summed E-state index contributed by atoms with van der Waals surface area (Å²) in [4.78, 5) is 19.7. The van der Waals surface area contributed by atoms with Crippen molar-refractivity contribution in [3.63, 3.8) is 0 Å². The summed E-state index contributed by atoms with van der Waals surface area (Å²) in [6, 6.07) is 4.00. The smallest absolute Gasteiger partial charge is 0.248 e. The highest BCUT2D eigenvalue weighted by Gasteiger charge is 2.27. The van der Waals surface area contributed by atoms with Gasteiger partial charge in [0, 0.05) is 36.3 Å². The molecular weight excluding hydrogens is 298 g/mol. The number of aliphatic hydroxyl groups is 1. The van der Waals surface area contributed by atoms with E-state index in [2.05, 4.69) is 25.8 Å². The molecule has 1 aromatic rings. The molecular formula is C12H16BrN3O2. The molecule has 0 saturated carbocycles. The number of hydrogen-bond acceptors (Lipinski definition) is 4. The number of rotatable bonds is 2. The van der Waals surface area contributed by atoms with E-state index in [-0.39, 0.29) is 11.9 Å². The van der Waals surface area contributed by atoms with Crippen molar-refractivity contribution in [1.82, 2.24) is 9.88 Å². The first-order valence-electron chi connectivity index (χ1n) is 5.88. The topological polar surface area (TPSA) is 56.7 Å². The minimum absolute atomic E-state index is 0.0869. The van der Waals surface area contributed by atoms with E-state index >= 15 is 0 Å². The van der Waals surface area contributed by atoms with Gasteiger partial charge in [-0.05, 0) is 35.0 Å². The molecule has 0 radical (unpaired) electrons. The molecule has 0 aromatic carbocycles. The highest BCUT2D eigenvalue weighted by atomic mass is 79.9. The lowest BCUT2D eigenvalue weighted by molar-refractivity contribution is -0.136. The molecule has 1 aliphatic heterocycles. The van der Waals surface area contributed by atoms with Gasteiger partial charge in [0.15, 0.2) is 0 Å². The maximum atomic E-state index is 11.5. The van der Waals surface area contributed by atoms with Crippen molar-refractivity contribution in [3.05, 3.63) is 22.8 Å². The Hall–Kier alpha value is -1.14. The summed E-state index contributed by atoms with van der Waals surface area (Å²) in [6.07, 6.45) is 1.77. The molecule has 1 aliphatic rings. The van der Waals surface area contributed by atoms with Crippen LogP contribution in [0.15, 0.2) is 22.8 Å². The molecule has 0 bridgehead atoms. The van der Waals surface area contributed by atoms with E-state index < -0.39 is 6.61 Å². The van der Waals surface area contributed by atoms with Gasteiger partial charge in [-0.15, -0.1) is 0 Å². The predicted octanol–water partition coefficient (Wildman–Crippen LogP) is 0.873. The minimum atomic E-state index is -0.416. The van der Waals surface area contributed by atoms with Crippen LogP contribution in [0, 0.1) is 0 Å². The van der Waals surface area contributed by atoms with Gasteiger partial charge in [-0.25, -0.2) is 4.98 Å². The Morgan fingerprint density at radius 2 is 2.33 bits per heavy atom. The summed E-state index contributed by atoms with van der Waals surface area (Å²) in [6.45, 7) is 3.67. The van der Waals surface area contributed by atoms with E-state index in [1.165, 1.54) is 0 Å². The molecule has 0 spiro atoms. The zero-order valence-electron chi connectivity index (χ0n) is 10.2. The van der Waals surface area contributed by atoms with Crippen molar-refractivity contribution in [2.24, 2.45) is 0 Å². The largest absolute Gasteiger partial charge is 0.387 e. The third-order valence-corrected chi connectivity index (χ3v) is 3.59. The molecule has 1 saturated heterocycles. The third kappa shape index (κ3) is 2.81. The molecule has 6 heteroatoms. The van der Waals surface area contributed by atoms with Crippen molar-refractivity contribution in [2.75, 3.05) is 31.1 Å². The molecule has 1 amide bonds. The number of piperazine rings is 1. The molecule has 2 heterocycles. The predicted molar refractivity (Wildman–Crippen MR) is 72.4 cm³/mol. The number of carbonyl (C=O) groups is 1. The fraction of sp³-hybridized carbons (Fsp3) is 0.500. The van der Waals surface area contributed by atoms with Crippen LogP contribution in [0.4, 0.5) is 5.82 Å². The fourth-order valence-corrected chi connectivity index (χ4v) is 2.42. The SMILES string of the molecule is CC1CN(c2ccc(Br)cn2)CCN1C(=O)CO. The number of aliphatic hydroxyl groups excluding tert-OH is 1. The second-order valence-electron chi connectivity index (χ2n) is 4.37. The van der Waals surface area contributed by atoms with Crippen LogP contribution in [0.3, 0.4) is 0 Å². The quantitative estimate of drug-likeness (QED) is 0.880. The lowest BCUT2D eigenvalue weighted by atomic mass is 10.2. The Bertz CT molecular complexity index is 424. The number of halogens is 1. The van der Waals surface area contributed by atoms with Crippen LogP contribution in [-0.2, 0) is 4.79 Å². The Kier molecular flexibility index (Phi) is 4.19. The number of amides is 1. The number of anilines is 1. The summed E-state index contributed by atoms with van der Waals surface area (Å²) in [7, 11) is 0. The maximum absolute atomic E-state index is 11.5. The lowest BCUT2D eigenvalue weighted by Crippen LogP contribution is -2.55. The fourth-order valence-electron chi connectivity index (χ4n) is 2.18. The third-order valence-electron chi connectivity index (χ3n) is 3.12. The second-order valence-corrected chi connectivity index (χ2v) is 5.29. The molecule has 1 atom stereocenters. The summed E-state index contributed by atoms with van der Waals surface area (Å²) in [5, 5.41) is 8.90. The van der Waals surface area contributed by atoms with Gasteiger partial charge in [-0.3, -0.25) is 4.79 Å². The molecule has 2 rings (SSSR count). The van der Waals surface area contributed by atoms with E-state index in [9.17, 15) is 4.79 Å². The van der Waals surface area contributed by atoms with Crippen LogP contribution in [0.2, 0.25) is 0 Å². The van der Waals surface area contributed by atoms with Gasteiger partial charge in [0.2, 0.25) is 5.91 Å². The standard InChI is InChI=1S/C12H16BrN3O2/c1-9-7-15(4-5-16(9)12(18)8-17)11-3-2-10(13)6-14-11/h2-3,6,9,17H,4-5,7-8H2,1H3. The first-order valence-corrected chi connectivity index (χ1v) is 6.68. The molecule has 18 heavy (non-hydrogen) atoms. The van der Waals surface area contributed by atoms with Crippen molar-refractivity contribution in [3.8, 4) is 0 Å². The van der Waals surface area contributed by atoms with Crippen LogP contribution < -0.4 is 4.90 Å². The average molecular weight is 314 g/mol. The normalized spacial score (nSPS) is 20.1. The first-order chi connectivity index (χ1) is 8.61. The monoisotopic (exact) mass is 313 g/mol. The number of aromatic nitrogens is 1. The molecule has 1 aromatic heterocycles. The Balaban J connectivity index is 2.04. The van der Waals surface area contributed by atoms with E-state index in [4.69, 9.17) is 5.11 Å². The van der Waals surface area contributed by atoms with Crippen molar-refractivity contribution in [2.45, 2.75) is 13.0 Å². The van der Waals surface area contributed by atoms with Gasteiger partial charge < -0.3 is 14.9 Å². The molecule has 0 aliphatic carbocycles. The molecule has 1 N–H and O–H groups in total. The first kappa shape index (κ1) is 13.3. The number of pyridine rings is 1. The average Bonchev–Trinajstić information content (AvgIpc) is 2.38. The van der Waals surface area contributed by atoms with Gasteiger partial charge in [-0.1, -0.05) is 0 Å². The summed E-state index contributed by atoms with van der Waals surface area (Å²) < 4.78 is 0.952. The highest BCUT2D eigenvalue weighted by Crippen LogP contribution is 2.18. The summed E-state index contributed by atoms with van der Waals surface area (Å²) in [5.74, 6) is 0.715. The van der Waals surface area contributed by atoms with Gasteiger partial charge >= 0.3 is 0 Å². The second kappa shape index (κ2) is 5.67. The zero-order valence-corrected chi connectivity index (χ0v) is 11.8. The molecule has 98 valence electrons. The van der Waals surface area contributed by atoms with Crippen LogP contribution in [0.5, 0.6) is 0 Å². The number of carbonyl (C=O) groups excluding carboxylic acids is 1. The van der Waals surface area contributed by atoms with Crippen LogP contribution >= 0.6 is 15.9 Å². The van der Waals surface area contributed by atoms with Crippen LogP contribution in [-0.4, -0.2) is 53.2 Å². The molecule has 5 nitrogen and oxygen atoms in total. The van der Waals surface area contributed by atoms with E-state index in [1.807, 2.05) is 19.1 Å². The van der Waals surface area contributed by atoms with E-state index in [0.717, 1.165) is 23.4 Å². The highest BCUT2D eigenvalue weighted by molar-refractivity contribution is 9.10. The number of nitrogens with zero attached hydrogens (tertiary/aromatic N) is 3. The van der Waals surface area contributed by atoms with E-state index in [0.29, 0.717) is 6.54 Å². The Morgan fingerprint density at radius 3 is 2.89 bits per heavy atom. The minimum Gasteiger partial charge on any atom is -0.387 e. The molecule has 1 fully saturated rings. The van der Waals surface area contributed by atoms with Crippen LogP contribution in [0.1, 0.15) is 6.92 Å². The molecule has 1 unspecified atom stereocenters. The van der Waals surface area contributed by atoms with Crippen molar-refractivity contribution < 1.29 is 9.90 Å². The maximum Gasteiger partial charge on any atom is 0.248 e. The van der Waals surface area contributed by atoms with Gasteiger partial charge in [-0.2, -0.15) is 0 Å². The Morgan fingerprint density at radius 1 is 1.56 bits per heavy atom. The van der Waals surface area contributed by atoms with Gasteiger partial charge in [0.1, 0.15) is 12.4 Å². The summed E-state index contributed by atoms with van der Waals surface area (Å²) >= 11 is 3.36. The van der Waals surface area contributed by atoms with E-state index in [1.54, 1.807) is 11.1 Å². The van der Waals surface area contributed by atoms with Gasteiger partial charge in [0.25, 0.3) is 0 Å². The van der Waals surface area contributed by atoms with Crippen LogP contribution in [0.25, 0.3) is 0 Å². The van der Waals surface area contributed by atoms with Crippen molar-refractivity contribution >= 4 is 27.7 Å². The van der Waals surface area contributed by atoms with Crippen molar-refractivity contribution in [1.29, 1.82) is 0 Å². The van der Waals surface area contributed by atoms with Gasteiger partial charge in [0.05, 0.1) is 0 Å². The number of hydrogen-bond donors (Lipinski definition) is 1. The lowest BCUT2D eigenvalue weighted by Gasteiger charge is -2.40.